The van der Waals surface area contributed by atoms with Gasteiger partial charge in [-0.05, 0) is 43.0 Å². The predicted octanol–water partition coefficient (Wildman–Crippen LogP) is 3.26. The first-order valence-corrected chi connectivity index (χ1v) is 14.3. The van der Waals surface area contributed by atoms with E-state index in [9.17, 15) is 14.4 Å². The van der Waals surface area contributed by atoms with Crippen molar-refractivity contribution < 1.29 is 9.59 Å². The third-order valence-electron chi connectivity index (χ3n) is 7.25. The Labute approximate surface area is 265 Å². The Morgan fingerprint density at radius 1 is 1.04 bits per heavy atom. The lowest BCUT2D eigenvalue weighted by atomic mass is 10.0. The molecule has 234 valence electrons. The van der Waals surface area contributed by atoms with E-state index in [1.165, 1.54) is 17.0 Å². The average Bonchev–Trinajstić information content (AvgIpc) is 3.55. The number of nitrogens with zero attached hydrogens (tertiary/aromatic N) is 6. The Morgan fingerprint density at radius 3 is 2.37 bits per heavy atom. The van der Waals surface area contributed by atoms with Crippen LogP contribution in [0.5, 0.6) is 0 Å². The first-order chi connectivity index (χ1) is 22.0. The standard InChI is InChI=1S/C26H24N4O2.C8H11N5O/c1-4-21-15-19-10-8-9-18(23(19)26(32)30(21)22-11-6-5-7-12-22)13-14-20-16-28-29(3)24(20)17(2)25(27)31;1-3-4-11-8-5(7(10)14)6(9)12-13(8)2/h5-12,15-17H,4H2,1-3H3,(H2,27,31);3-4H,1H2,2H3,(H2,9,12)(H2,10,14)/b;11-4-. The maximum Gasteiger partial charge on any atom is 0.264 e. The van der Waals surface area contributed by atoms with Crippen LogP contribution in [0.3, 0.4) is 0 Å². The van der Waals surface area contributed by atoms with Gasteiger partial charge in [0, 0.05) is 37.3 Å². The monoisotopic (exact) mass is 617 g/mol. The van der Waals surface area contributed by atoms with Gasteiger partial charge in [0.2, 0.25) is 5.91 Å². The van der Waals surface area contributed by atoms with Crippen LogP contribution in [-0.2, 0) is 25.3 Å². The van der Waals surface area contributed by atoms with E-state index in [0.717, 1.165) is 23.2 Å². The molecule has 2 aromatic carbocycles. The molecule has 0 aliphatic rings. The fourth-order valence-corrected chi connectivity index (χ4v) is 5.01. The van der Waals surface area contributed by atoms with Gasteiger partial charge in [-0.25, -0.2) is 9.67 Å². The van der Waals surface area contributed by atoms with Crippen molar-refractivity contribution in [3.63, 3.8) is 0 Å². The highest BCUT2D eigenvalue weighted by molar-refractivity contribution is 6.02. The van der Waals surface area contributed by atoms with Crippen molar-refractivity contribution in [3.8, 4) is 17.5 Å². The number of pyridine rings is 1. The number of hydrogen-bond donors (Lipinski definition) is 3. The van der Waals surface area contributed by atoms with Gasteiger partial charge in [0.1, 0.15) is 5.56 Å². The van der Waals surface area contributed by atoms with Crippen LogP contribution in [0, 0.1) is 11.8 Å². The molecule has 12 heteroatoms. The topological polar surface area (TPSA) is 182 Å². The van der Waals surface area contributed by atoms with Crippen molar-refractivity contribution in [2.24, 2.45) is 30.6 Å². The number of aliphatic imine (C=N–C) groups is 1. The summed E-state index contributed by atoms with van der Waals surface area (Å²) in [4.78, 5) is 40.3. The SMILES string of the molecule is C=C/C=N\c1c(C(N)=O)c(N)nn1C.CCc1cc2cccc(C#Cc3cnn(C)c3C(C)C(N)=O)c2c(=O)n1-c1ccccc1. The molecule has 0 bridgehead atoms. The summed E-state index contributed by atoms with van der Waals surface area (Å²) in [6.07, 6.45) is 5.25. The molecule has 46 heavy (non-hydrogen) atoms. The maximum atomic E-state index is 13.6. The second kappa shape index (κ2) is 14.0. The summed E-state index contributed by atoms with van der Waals surface area (Å²) >= 11 is 0. The molecule has 0 spiro atoms. The third kappa shape index (κ3) is 6.63. The minimum Gasteiger partial charge on any atom is -0.381 e. The zero-order valence-electron chi connectivity index (χ0n) is 26.1. The molecule has 3 aromatic heterocycles. The molecular weight excluding hydrogens is 582 g/mol. The van der Waals surface area contributed by atoms with Crippen LogP contribution >= 0.6 is 0 Å². The second-order valence-corrected chi connectivity index (χ2v) is 10.3. The minimum absolute atomic E-state index is 0.0798. The number of amides is 2. The van der Waals surface area contributed by atoms with Crippen molar-refractivity contribution in [2.45, 2.75) is 26.2 Å². The van der Waals surface area contributed by atoms with Crippen LogP contribution in [0.15, 0.2) is 83.2 Å². The smallest absolute Gasteiger partial charge is 0.264 e. The Bertz CT molecular complexity index is 2090. The number of aromatic nitrogens is 5. The Balaban J connectivity index is 0.000000288. The Hall–Kier alpha value is -6.22. The largest absolute Gasteiger partial charge is 0.381 e. The molecular formula is C34H35N9O3. The van der Waals surface area contributed by atoms with Gasteiger partial charge >= 0.3 is 0 Å². The van der Waals surface area contributed by atoms with Crippen LogP contribution in [-0.4, -0.2) is 42.2 Å². The Morgan fingerprint density at radius 2 is 1.74 bits per heavy atom. The van der Waals surface area contributed by atoms with Gasteiger partial charge in [0.05, 0.1) is 28.8 Å². The summed E-state index contributed by atoms with van der Waals surface area (Å²) in [5.41, 5.74) is 19.8. The first-order valence-electron chi connectivity index (χ1n) is 14.3. The summed E-state index contributed by atoms with van der Waals surface area (Å²) < 4.78 is 4.74. The lowest BCUT2D eigenvalue weighted by molar-refractivity contribution is -0.119. The number of nitrogens with two attached hydrogens (primary N) is 3. The number of primary amides is 2. The molecule has 3 heterocycles. The molecule has 6 N–H and O–H groups in total. The number of benzene rings is 2. The molecule has 0 saturated heterocycles. The van der Waals surface area contributed by atoms with Crippen molar-refractivity contribution in [3.05, 3.63) is 112 Å². The highest BCUT2D eigenvalue weighted by Gasteiger charge is 2.20. The normalized spacial score (nSPS) is 11.4. The highest BCUT2D eigenvalue weighted by Crippen LogP contribution is 2.23. The van der Waals surface area contributed by atoms with E-state index in [1.807, 2.05) is 61.5 Å². The van der Waals surface area contributed by atoms with Crippen molar-refractivity contribution in [1.82, 2.24) is 24.1 Å². The number of para-hydroxylation sites is 1. The number of anilines is 1. The molecule has 1 unspecified atom stereocenters. The number of nitrogen functional groups attached to an aromatic ring is 1. The molecule has 5 aromatic rings. The summed E-state index contributed by atoms with van der Waals surface area (Å²) in [5, 5.41) is 9.47. The number of fused-ring (bicyclic) bond motifs is 1. The van der Waals surface area contributed by atoms with Gasteiger partial charge in [0.15, 0.2) is 11.6 Å². The average molecular weight is 618 g/mol. The number of rotatable bonds is 7. The van der Waals surface area contributed by atoms with E-state index in [0.29, 0.717) is 28.0 Å². The van der Waals surface area contributed by atoms with Gasteiger partial charge in [-0.15, -0.1) is 0 Å². The maximum absolute atomic E-state index is 13.6. The van der Waals surface area contributed by atoms with Crippen molar-refractivity contribution in [2.75, 3.05) is 5.73 Å². The highest BCUT2D eigenvalue weighted by atomic mass is 16.1. The van der Waals surface area contributed by atoms with Gasteiger partial charge < -0.3 is 17.2 Å². The van der Waals surface area contributed by atoms with Crippen molar-refractivity contribution in [1.29, 1.82) is 0 Å². The van der Waals surface area contributed by atoms with E-state index in [-0.39, 0.29) is 16.9 Å². The third-order valence-corrected chi connectivity index (χ3v) is 7.25. The van der Waals surface area contributed by atoms with Gasteiger partial charge in [-0.2, -0.15) is 10.2 Å². The molecule has 2 amide bonds. The molecule has 0 saturated carbocycles. The van der Waals surface area contributed by atoms with E-state index in [1.54, 1.807) is 36.5 Å². The molecule has 0 fully saturated rings. The van der Waals surface area contributed by atoms with E-state index in [2.05, 4.69) is 33.6 Å². The van der Waals surface area contributed by atoms with Crippen molar-refractivity contribution >= 4 is 40.4 Å². The number of allylic oxidation sites excluding steroid dienone is 1. The van der Waals surface area contributed by atoms with E-state index >= 15 is 0 Å². The summed E-state index contributed by atoms with van der Waals surface area (Å²) in [6, 6.07) is 17.3. The molecule has 0 aliphatic heterocycles. The predicted molar refractivity (Wildman–Crippen MR) is 180 cm³/mol. The molecule has 12 nitrogen and oxygen atoms in total. The zero-order chi connectivity index (χ0) is 33.5. The quantitative estimate of drug-likeness (QED) is 0.186. The number of carbonyl (C=O) groups is 2. The van der Waals surface area contributed by atoms with Gasteiger partial charge in [0.25, 0.3) is 11.5 Å². The fourth-order valence-electron chi connectivity index (χ4n) is 5.01. The Kier molecular flexibility index (Phi) is 9.98. The van der Waals surface area contributed by atoms with Crippen LogP contribution < -0.4 is 22.8 Å². The zero-order valence-corrected chi connectivity index (χ0v) is 26.1. The van der Waals surface area contributed by atoms with Crippen LogP contribution in [0.2, 0.25) is 0 Å². The number of aryl methyl sites for hydroxylation is 3. The van der Waals surface area contributed by atoms with Crippen LogP contribution in [0.1, 0.15) is 52.6 Å². The minimum atomic E-state index is -0.646. The van der Waals surface area contributed by atoms with Gasteiger partial charge in [-0.3, -0.25) is 23.6 Å². The van der Waals surface area contributed by atoms with Crippen LogP contribution in [0.4, 0.5) is 11.6 Å². The molecule has 1 atom stereocenters. The van der Waals surface area contributed by atoms with E-state index in [4.69, 9.17) is 17.2 Å². The summed E-state index contributed by atoms with van der Waals surface area (Å²) in [6.45, 7) is 7.23. The lowest BCUT2D eigenvalue weighted by Crippen LogP contribution is -2.22. The lowest BCUT2D eigenvalue weighted by Gasteiger charge is -2.14. The number of hydrogen-bond acceptors (Lipinski definition) is 7. The second-order valence-electron chi connectivity index (χ2n) is 10.3. The van der Waals surface area contributed by atoms with Gasteiger partial charge in [-0.1, -0.05) is 61.8 Å². The fraction of sp³-hybridized carbons (Fsp3) is 0.176. The summed E-state index contributed by atoms with van der Waals surface area (Å²) in [5.74, 6) is 5.03. The molecule has 0 radical (unpaired) electrons. The summed E-state index contributed by atoms with van der Waals surface area (Å²) in [7, 11) is 3.38. The first kappa shape index (κ1) is 32.7. The number of carbonyl (C=O) groups excluding carboxylic acids is 2. The van der Waals surface area contributed by atoms with E-state index < -0.39 is 17.7 Å². The van der Waals surface area contributed by atoms with Crippen LogP contribution in [0.25, 0.3) is 16.5 Å². The molecule has 0 aliphatic carbocycles. The molecule has 5 rings (SSSR count).